The summed E-state index contributed by atoms with van der Waals surface area (Å²) in [7, 11) is 1.60. The van der Waals surface area contributed by atoms with Gasteiger partial charge in [-0.15, -0.1) is 5.10 Å². The SMILES string of the molecule is COc1ccc(/C=N\N=C2\S/C(=C\c3cc(Cl)ccc3O)C(=O)N2Cc2ccco2)cc1. The summed E-state index contributed by atoms with van der Waals surface area (Å²) in [5, 5.41) is 19.4. The molecule has 0 radical (unpaired) electrons. The van der Waals surface area contributed by atoms with Crippen molar-refractivity contribution in [1.29, 1.82) is 0 Å². The van der Waals surface area contributed by atoms with Crippen LogP contribution in [-0.4, -0.2) is 34.4 Å². The zero-order valence-electron chi connectivity index (χ0n) is 16.9. The maximum Gasteiger partial charge on any atom is 0.267 e. The Kier molecular flexibility index (Phi) is 6.63. The van der Waals surface area contributed by atoms with Crippen molar-refractivity contribution in [3.63, 3.8) is 0 Å². The van der Waals surface area contributed by atoms with Crippen LogP contribution < -0.4 is 4.74 Å². The van der Waals surface area contributed by atoms with Crippen molar-refractivity contribution in [1.82, 2.24) is 4.90 Å². The molecule has 0 aliphatic carbocycles. The predicted molar refractivity (Wildman–Crippen MR) is 126 cm³/mol. The fraction of sp³-hybridized carbons (Fsp3) is 0.0870. The summed E-state index contributed by atoms with van der Waals surface area (Å²) in [5.74, 6) is 1.10. The molecule has 1 saturated heterocycles. The molecule has 32 heavy (non-hydrogen) atoms. The summed E-state index contributed by atoms with van der Waals surface area (Å²) >= 11 is 7.19. The van der Waals surface area contributed by atoms with E-state index in [1.165, 1.54) is 11.0 Å². The number of aromatic hydroxyl groups is 1. The molecule has 1 aliphatic heterocycles. The van der Waals surface area contributed by atoms with E-state index in [0.717, 1.165) is 23.1 Å². The number of amidine groups is 1. The number of carbonyl (C=O) groups excluding carboxylic acids is 1. The molecule has 1 N–H and O–H groups in total. The van der Waals surface area contributed by atoms with E-state index >= 15 is 0 Å². The number of amides is 1. The normalized spacial score (nSPS) is 16.6. The van der Waals surface area contributed by atoms with Crippen molar-refractivity contribution in [3.05, 3.63) is 87.7 Å². The number of thioether (sulfide) groups is 1. The van der Waals surface area contributed by atoms with Crippen molar-refractivity contribution in [3.8, 4) is 11.5 Å². The molecule has 0 spiro atoms. The molecule has 3 aromatic rings. The topological polar surface area (TPSA) is 87.6 Å². The second-order valence-electron chi connectivity index (χ2n) is 6.68. The van der Waals surface area contributed by atoms with Crippen LogP contribution in [0.15, 0.2) is 80.4 Å². The predicted octanol–water partition coefficient (Wildman–Crippen LogP) is 5.15. The number of nitrogens with zero attached hydrogens (tertiary/aromatic N) is 3. The largest absolute Gasteiger partial charge is 0.507 e. The average Bonchev–Trinajstić information content (AvgIpc) is 3.41. The van der Waals surface area contributed by atoms with E-state index < -0.39 is 0 Å². The molecule has 2 aromatic carbocycles. The van der Waals surface area contributed by atoms with E-state index in [1.54, 1.807) is 49.9 Å². The van der Waals surface area contributed by atoms with E-state index in [4.69, 9.17) is 20.8 Å². The summed E-state index contributed by atoms with van der Waals surface area (Å²) in [5.41, 5.74) is 1.27. The third kappa shape index (κ3) is 5.04. The highest BCUT2D eigenvalue weighted by Crippen LogP contribution is 2.35. The number of benzene rings is 2. The zero-order valence-corrected chi connectivity index (χ0v) is 18.5. The molecule has 2 heterocycles. The number of phenolic OH excluding ortho intramolecular Hbond substituents is 1. The summed E-state index contributed by atoms with van der Waals surface area (Å²) in [6, 6.07) is 15.5. The number of hydrogen-bond donors (Lipinski definition) is 1. The third-order valence-electron chi connectivity index (χ3n) is 4.52. The van der Waals surface area contributed by atoms with Crippen LogP contribution in [0.3, 0.4) is 0 Å². The van der Waals surface area contributed by atoms with Crippen LogP contribution >= 0.6 is 23.4 Å². The second kappa shape index (κ2) is 9.76. The number of phenols is 1. The van der Waals surface area contributed by atoms with Gasteiger partial charge in [0.1, 0.15) is 17.3 Å². The van der Waals surface area contributed by atoms with E-state index in [-0.39, 0.29) is 18.2 Å². The standard InChI is InChI=1S/C23H18ClN3O4S/c1-30-18-7-4-15(5-8-18)13-25-26-23-27(14-19-3-2-10-31-19)22(29)21(32-23)12-16-11-17(24)6-9-20(16)28/h2-13,28H,14H2,1H3/b21-12-,25-13-,26-23+. The summed E-state index contributed by atoms with van der Waals surface area (Å²) in [6.45, 7) is 0.203. The van der Waals surface area contributed by atoms with Gasteiger partial charge in [0.2, 0.25) is 0 Å². The van der Waals surface area contributed by atoms with Gasteiger partial charge in [-0.3, -0.25) is 9.69 Å². The fourth-order valence-electron chi connectivity index (χ4n) is 2.90. The van der Waals surface area contributed by atoms with E-state index in [0.29, 0.717) is 26.4 Å². The van der Waals surface area contributed by atoms with Crippen molar-refractivity contribution >= 4 is 46.7 Å². The molecule has 1 fully saturated rings. The van der Waals surface area contributed by atoms with Gasteiger partial charge in [-0.05, 0) is 78.0 Å². The Morgan fingerprint density at radius 1 is 1.22 bits per heavy atom. The van der Waals surface area contributed by atoms with Crippen LogP contribution in [0.5, 0.6) is 11.5 Å². The smallest absolute Gasteiger partial charge is 0.267 e. The molecule has 0 unspecified atom stereocenters. The van der Waals surface area contributed by atoms with Gasteiger partial charge in [0.25, 0.3) is 5.91 Å². The highest BCUT2D eigenvalue weighted by Gasteiger charge is 2.34. The summed E-state index contributed by atoms with van der Waals surface area (Å²) in [6.07, 6.45) is 4.72. The van der Waals surface area contributed by atoms with Gasteiger partial charge in [0.05, 0.1) is 31.0 Å². The van der Waals surface area contributed by atoms with Crippen LogP contribution in [0.2, 0.25) is 5.02 Å². The Morgan fingerprint density at radius 2 is 2.03 bits per heavy atom. The average molecular weight is 468 g/mol. The number of carbonyl (C=O) groups is 1. The van der Waals surface area contributed by atoms with E-state index in [9.17, 15) is 9.90 Å². The Bertz CT molecular complexity index is 1200. The Morgan fingerprint density at radius 3 is 2.75 bits per heavy atom. The summed E-state index contributed by atoms with van der Waals surface area (Å²) in [4.78, 5) is 14.9. The Balaban J connectivity index is 1.62. The van der Waals surface area contributed by atoms with Crippen molar-refractivity contribution in [2.24, 2.45) is 10.2 Å². The number of methoxy groups -OCH3 is 1. The first kappa shape index (κ1) is 21.7. The Hall–Kier alpha value is -3.49. The molecule has 1 amide bonds. The van der Waals surface area contributed by atoms with Gasteiger partial charge < -0.3 is 14.3 Å². The number of halogens is 1. The lowest BCUT2D eigenvalue weighted by atomic mass is 10.2. The summed E-state index contributed by atoms with van der Waals surface area (Å²) < 4.78 is 10.5. The van der Waals surface area contributed by atoms with Gasteiger partial charge in [0, 0.05) is 10.6 Å². The molecule has 9 heteroatoms. The van der Waals surface area contributed by atoms with Gasteiger partial charge in [-0.2, -0.15) is 5.10 Å². The number of ether oxygens (including phenoxy) is 1. The lowest BCUT2D eigenvalue weighted by Gasteiger charge is -2.12. The molecule has 1 aromatic heterocycles. The molecule has 0 saturated carbocycles. The fourth-order valence-corrected chi connectivity index (χ4v) is 4.00. The second-order valence-corrected chi connectivity index (χ2v) is 8.13. The van der Waals surface area contributed by atoms with Crippen LogP contribution in [0.25, 0.3) is 6.08 Å². The first-order chi connectivity index (χ1) is 15.5. The van der Waals surface area contributed by atoms with Crippen LogP contribution in [0.1, 0.15) is 16.9 Å². The Labute approximate surface area is 193 Å². The van der Waals surface area contributed by atoms with Crippen molar-refractivity contribution < 1.29 is 19.1 Å². The molecule has 0 bridgehead atoms. The molecule has 162 valence electrons. The van der Waals surface area contributed by atoms with Crippen molar-refractivity contribution in [2.75, 3.05) is 7.11 Å². The monoisotopic (exact) mass is 467 g/mol. The number of furan rings is 1. The molecular formula is C23H18ClN3O4S. The lowest BCUT2D eigenvalue weighted by Crippen LogP contribution is -2.28. The minimum Gasteiger partial charge on any atom is -0.507 e. The minimum atomic E-state index is -0.274. The van der Waals surface area contributed by atoms with Crippen LogP contribution in [0.4, 0.5) is 0 Å². The minimum absolute atomic E-state index is 0.0239. The molecule has 1 aliphatic rings. The third-order valence-corrected chi connectivity index (χ3v) is 5.76. The maximum atomic E-state index is 13.1. The molecular weight excluding hydrogens is 450 g/mol. The zero-order chi connectivity index (χ0) is 22.5. The highest BCUT2D eigenvalue weighted by atomic mass is 35.5. The van der Waals surface area contributed by atoms with Gasteiger partial charge in [-0.25, -0.2) is 0 Å². The van der Waals surface area contributed by atoms with E-state index in [1.807, 2.05) is 24.3 Å². The van der Waals surface area contributed by atoms with Crippen molar-refractivity contribution in [2.45, 2.75) is 6.54 Å². The van der Waals surface area contributed by atoms with Gasteiger partial charge in [0.15, 0.2) is 5.17 Å². The first-order valence-electron chi connectivity index (χ1n) is 9.51. The van der Waals surface area contributed by atoms with Gasteiger partial charge >= 0.3 is 0 Å². The lowest BCUT2D eigenvalue weighted by molar-refractivity contribution is -0.122. The van der Waals surface area contributed by atoms with Crippen LogP contribution in [-0.2, 0) is 11.3 Å². The molecule has 0 atom stereocenters. The highest BCUT2D eigenvalue weighted by molar-refractivity contribution is 8.18. The molecule has 7 nitrogen and oxygen atoms in total. The molecule has 4 rings (SSSR count). The van der Waals surface area contributed by atoms with E-state index in [2.05, 4.69) is 10.2 Å². The van der Waals surface area contributed by atoms with Crippen LogP contribution in [0, 0.1) is 0 Å². The quantitative estimate of drug-likeness (QED) is 0.307. The number of hydrogen-bond acceptors (Lipinski definition) is 7. The maximum absolute atomic E-state index is 13.1. The van der Waals surface area contributed by atoms with Gasteiger partial charge in [-0.1, -0.05) is 11.6 Å². The first-order valence-corrected chi connectivity index (χ1v) is 10.7. The number of rotatable bonds is 6.